The Labute approximate surface area is 206 Å². The van der Waals surface area contributed by atoms with E-state index in [2.05, 4.69) is 9.46 Å². The molecule has 0 aliphatic carbocycles. The second-order valence-electron chi connectivity index (χ2n) is 7.79. The molecule has 35 heavy (non-hydrogen) atoms. The highest BCUT2D eigenvalue weighted by molar-refractivity contribution is 7.92. The van der Waals surface area contributed by atoms with Crippen LogP contribution >= 0.6 is 0 Å². The van der Waals surface area contributed by atoms with Crippen molar-refractivity contribution in [3.8, 4) is 5.75 Å². The highest BCUT2D eigenvalue weighted by atomic mass is 32.2. The number of para-hydroxylation sites is 1. The van der Waals surface area contributed by atoms with Gasteiger partial charge in [-0.05, 0) is 47.9 Å². The van der Waals surface area contributed by atoms with Crippen molar-refractivity contribution in [2.75, 3.05) is 18.4 Å². The molecule has 0 heterocycles. The van der Waals surface area contributed by atoms with Crippen LogP contribution in [0.15, 0.2) is 89.8 Å². The summed E-state index contributed by atoms with van der Waals surface area (Å²) in [5.74, 6) is 0.392. The molecule has 3 aromatic rings. The van der Waals surface area contributed by atoms with E-state index in [1.807, 2.05) is 30.3 Å². The Hall–Kier alpha value is -3.62. The van der Waals surface area contributed by atoms with Crippen molar-refractivity contribution in [1.29, 1.82) is 0 Å². The number of nitrogens with one attached hydrogen (secondary N) is 1. The summed E-state index contributed by atoms with van der Waals surface area (Å²) in [5.41, 5.74) is 2.07. The molecule has 0 aliphatic rings. The molecule has 0 unspecified atom stereocenters. The van der Waals surface area contributed by atoms with Gasteiger partial charge in [0.15, 0.2) is 0 Å². The molecule has 0 bridgehead atoms. The van der Waals surface area contributed by atoms with Crippen molar-refractivity contribution in [1.82, 2.24) is 0 Å². The number of aryl methyl sites for hydroxylation is 1. The predicted octanol–water partition coefficient (Wildman–Crippen LogP) is 4.44. The molecule has 0 saturated carbocycles. The zero-order valence-electron chi connectivity index (χ0n) is 19.5. The molecular weight excluding hydrogens is 466 g/mol. The SMILES string of the molecule is COC(=O)CCc1ccccc1OCC[C@@H](O)/C=C/c1cccc(NS(=O)(=O)c2ccccc2)c1. The summed E-state index contributed by atoms with van der Waals surface area (Å²) < 4.78 is 38.1. The quantitative estimate of drug-likeness (QED) is 0.360. The Kier molecular flexibility index (Phi) is 9.46. The number of anilines is 1. The number of rotatable bonds is 12. The molecule has 0 aliphatic heterocycles. The summed E-state index contributed by atoms with van der Waals surface area (Å²) in [5, 5.41) is 10.3. The molecule has 0 aromatic heterocycles. The fraction of sp³-hybridized carbons (Fsp3) is 0.222. The van der Waals surface area contributed by atoms with Crippen LogP contribution in [-0.4, -0.2) is 39.3 Å². The minimum Gasteiger partial charge on any atom is -0.493 e. The number of carbonyl (C=O) groups is 1. The normalized spacial score (nSPS) is 12.3. The van der Waals surface area contributed by atoms with Crippen LogP contribution in [-0.2, 0) is 26.0 Å². The van der Waals surface area contributed by atoms with Crippen LogP contribution in [0.5, 0.6) is 5.75 Å². The van der Waals surface area contributed by atoms with Crippen molar-refractivity contribution < 1.29 is 27.8 Å². The van der Waals surface area contributed by atoms with E-state index in [0.29, 0.717) is 24.3 Å². The molecule has 0 amide bonds. The first kappa shape index (κ1) is 26.0. The number of hydrogen-bond donors (Lipinski definition) is 2. The standard InChI is InChI=1S/C27H29NO6S/c1-33-27(30)17-15-22-9-5-6-13-26(22)34-19-18-24(29)16-14-21-8-7-10-23(20-21)28-35(31,32)25-11-3-2-4-12-25/h2-14,16,20,24,28-29H,15,17-19H2,1H3/b16-14+/t24-/m0/s1. The number of methoxy groups -OCH3 is 1. The van der Waals surface area contributed by atoms with Crippen molar-refractivity contribution >= 4 is 27.8 Å². The molecule has 3 aromatic carbocycles. The minimum absolute atomic E-state index is 0.184. The van der Waals surface area contributed by atoms with Crippen LogP contribution in [0.2, 0.25) is 0 Å². The Bertz CT molecular complexity index is 1240. The van der Waals surface area contributed by atoms with E-state index in [1.54, 1.807) is 48.6 Å². The largest absolute Gasteiger partial charge is 0.493 e. The second kappa shape index (κ2) is 12.7. The molecule has 1 atom stereocenters. The lowest BCUT2D eigenvalue weighted by atomic mass is 10.1. The summed E-state index contributed by atoms with van der Waals surface area (Å²) in [6, 6.07) is 22.5. The topological polar surface area (TPSA) is 102 Å². The third kappa shape index (κ3) is 8.27. The van der Waals surface area contributed by atoms with Gasteiger partial charge in [-0.3, -0.25) is 9.52 Å². The van der Waals surface area contributed by atoms with Crippen LogP contribution in [0.4, 0.5) is 5.69 Å². The molecule has 7 nitrogen and oxygen atoms in total. The first-order valence-electron chi connectivity index (χ1n) is 11.2. The van der Waals surface area contributed by atoms with Gasteiger partial charge in [0.2, 0.25) is 0 Å². The first-order chi connectivity index (χ1) is 16.9. The number of sulfonamides is 1. The first-order valence-corrected chi connectivity index (χ1v) is 12.7. The lowest BCUT2D eigenvalue weighted by Gasteiger charge is -2.12. The molecule has 2 N–H and O–H groups in total. The van der Waals surface area contributed by atoms with Crippen LogP contribution < -0.4 is 9.46 Å². The average Bonchev–Trinajstić information content (AvgIpc) is 2.87. The average molecular weight is 496 g/mol. The Morgan fingerprint density at radius 1 is 1.03 bits per heavy atom. The number of carbonyl (C=O) groups excluding carboxylic acids is 1. The highest BCUT2D eigenvalue weighted by Crippen LogP contribution is 2.21. The van der Waals surface area contributed by atoms with E-state index in [9.17, 15) is 18.3 Å². The van der Waals surface area contributed by atoms with E-state index < -0.39 is 16.1 Å². The lowest BCUT2D eigenvalue weighted by molar-refractivity contribution is -0.140. The van der Waals surface area contributed by atoms with Gasteiger partial charge in [0.25, 0.3) is 10.0 Å². The number of ether oxygens (including phenoxy) is 2. The van der Waals surface area contributed by atoms with Crippen LogP contribution in [0.3, 0.4) is 0 Å². The second-order valence-corrected chi connectivity index (χ2v) is 9.47. The maximum atomic E-state index is 12.5. The summed E-state index contributed by atoms with van der Waals surface area (Å²) in [6.45, 7) is 0.289. The maximum Gasteiger partial charge on any atom is 0.305 e. The number of benzene rings is 3. The molecule has 8 heteroatoms. The monoisotopic (exact) mass is 495 g/mol. The van der Waals surface area contributed by atoms with Crippen molar-refractivity contribution in [2.24, 2.45) is 0 Å². The molecule has 0 saturated heterocycles. The van der Waals surface area contributed by atoms with E-state index >= 15 is 0 Å². The van der Waals surface area contributed by atoms with Crippen LogP contribution in [0.1, 0.15) is 24.0 Å². The van der Waals surface area contributed by atoms with Gasteiger partial charge in [0.05, 0.1) is 24.7 Å². The molecule has 0 radical (unpaired) electrons. The molecular formula is C27H29NO6S. The van der Waals surface area contributed by atoms with Gasteiger partial charge in [0.1, 0.15) is 5.75 Å². The molecule has 0 spiro atoms. The third-order valence-corrected chi connectivity index (χ3v) is 6.57. The summed E-state index contributed by atoms with van der Waals surface area (Å²) >= 11 is 0. The van der Waals surface area contributed by atoms with Crippen molar-refractivity contribution in [2.45, 2.75) is 30.3 Å². The maximum absolute atomic E-state index is 12.5. The van der Waals surface area contributed by atoms with E-state index in [-0.39, 0.29) is 23.9 Å². The summed E-state index contributed by atoms with van der Waals surface area (Å²) in [7, 11) is -2.32. The lowest BCUT2D eigenvalue weighted by Crippen LogP contribution is -2.12. The van der Waals surface area contributed by atoms with Crippen molar-refractivity contribution in [3.63, 3.8) is 0 Å². The minimum atomic E-state index is -3.68. The van der Waals surface area contributed by atoms with Crippen molar-refractivity contribution in [3.05, 3.63) is 96.1 Å². The Balaban J connectivity index is 1.53. The summed E-state index contributed by atoms with van der Waals surface area (Å²) in [6.07, 6.45) is 3.76. The van der Waals surface area contributed by atoms with Gasteiger partial charge in [-0.25, -0.2) is 8.42 Å². The van der Waals surface area contributed by atoms with E-state index in [1.165, 1.54) is 19.2 Å². The van der Waals surface area contributed by atoms with Gasteiger partial charge in [0, 0.05) is 18.5 Å². The smallest absolute Gasteiger partial charge is 0.305 e. The Morgan fingerprint density at radius 2 is 1.77 bits per heavy atom. The Morgan fingerprint density at radius 3 is 2.54 bits per heavy atom. The number of aliphatic hydroxyl groups is 1. The molecule has 0 fully saturated rings. The number of esters is 1. The van der Waals surface area contributed by atoms with Gasteiger partial charge < -0.3 is 14.6 Å². The van der Waals surface area contributed by atoms with E-state index in [4.69, 9.17) is 4.74 Å². The highest BCUT2D eigenvalue weighted by Gasteiger charge is 2.13. The van der Waals surface area contributed by atoms with Gasteiger partial charge >= 0.3 is 5.97 Å². The van der Waals surface area contributed by atoms with Crippen LogP contribution in [0, 0.1) is 0 Å². The van der Waals surface area contributed by atoms with Gasteiger partial charge in [-0.2, -0.15) is 0 Å². The molecule has 3 rings (SSSR count). The van der Waals surface area contributed by atoms with Gasteiger partial charge in [-0.15, -0.1) is 0 Å². The predicted molar refractivity (Wildman–Crippen MR) is 136 cm³/mol. The number of aliphatic hydroxyl groups excluding tert-OH is 1. The fourth-order valence-electron chi connectivity index (χ4n) is 3.32. The molecule has 184 valence electrons. The zero-order chi connectivity index (χ0) is 25.1. The third-order valence-electron chi connectivity index (χ3n) is 5.17. The summed E-state index contributed by atoms with van der Waals surface area (Å²) in [4.78, 5) is 11.6. The number of hydrogen-bond acceptors (Lipinski definition) is 6. The zero-order valence-corrected chi connectivity index (χ0v) is 20.3. The fourth-order valence-corrected chi connectivity index (χ4v) is 4.39. The van der Waals surface area contributed by atoms with Gasteiger partial charge in [-0.1, -0.05) is 60.7 Å². The van der Waals surface area contributed by atoms with E-state index in [0.717, 1.165) is 11.1 Å². The van der Waals surface area contributed by atoms with Crippen LogP contribution in [0.25, 0.3) is 6.08 Å².